The van der Waals surface area contributed by atoms with Gasteiger partial charge in [0.1, 0.15) is 17.6 Å². The van der Waals surface area contributed by atoms with E-state index >= 15 is 0 Å². The summed E-state index contributed by atoms with van der Waals surface area (Å²) in [5.74, 6) is 1.44. The third kappa shape index (κ3) is 2.42. The number of furan rings is 1. The quantitative estimate of drug-likeness (QED) is 0.890. The molecule has 0 saturated carbocycles. The Kier molecular flexibility index (Phi) is 3.01. The van der Waals surface area contributed by atoms with E-state index in [2.05, 4.69) is 10.6 Å². The van der Waals surface area contributed by atoms with Gasteiger partial charge in [-0.15, -0.1) is 0 Å². The number of anilines is 2. The van der Waals surface area contributed by atoms with Crippen LogP contribution in [0, 0.1) is 11.3 Å². The number of carbonyl (C=O) groups excluding carboxylic acids is 1. The molecule has 0 aliphatic carbocycles. The molecule has 20 heavy (non-hydrogen) atoms. The van der Waals surface area contributed by atoms with Gasteiger partial charge in [-0.25, -0.2) is 0 Å². The third-order valence-corrected chi connectivity index (χ3v) is 2.85. The maximum absolute atomic E-state index is 11.3. The van der Waals surface area contributed by atoms with Gasteiger partial charge in [0, 0.05) is 5.69 Å². The molecule has 1 aliphatic rings. The zero-order chi connectivity index (χ0) is 13.9. The highest BCUT2D eigenvalue weighted by molar-refractivity contribution is 5.96. The van der Waals surface area contributed by atoms with Crippen molar-refractivity contribution in [3.8, 4) is 11.8 Å². The number of ether oxygens (including phenoxy) is 1. The van der Waals surface area contributed by atoms with Crippen LogP contribution in [0.25, 0.3) is 0 Å². The number of fused-ring (bicyclic) bond motifs is 1. The predicted molar refractivity (Wildman–Crippen MR) is 71.3 cm³/mol. The van der Waals surface area contributed by atoms with Gasteiger partial charge in [0.05, 0.1) is 12.2 Å². The lowest BCUT2D eigenvalue weighted by Gasteiger charge is -2.18. The minimum Gasteiger partial charge on any atom is -0.482 e. The first-order valence-electron chi connectivity index (χ1n) is 6.04. The molecule has 100 valence electrons. The van der Waals surface area contributed by atoms with E-state index in [1.54, 1.807) is 24.3 Å². The van der Waals surface area contributed by atoms with Crippen LogP contribution in [0.15, 0.2) is 34.7 Å². The highest BCUT2D eigenvalue weighted by Gasteiger charge is 2.15. The second-order valence-corrected chi connectivity index (χ2v) is 4.28. The van der Waals surface area contributed by atoms with Gasteiger partial charge in [-0.1, -0.05) is 0 Å². The van der Waals surface area contributed by atoms with Crippen molar-refractivity contribution in [2.75, 3.05) is 17.2 Å². The number of benzene rings is 1. The molecule has 1 aromatic carbocycles. The van der Waals surface area contributed by atoms with Crippen molar-refractivity contribution in [2.45, 2.75) is 6.54 Å². The second-order valence-electron chi connectivity index (χ2n) is 4.28. The molecule has 6 nitrogen and oxygen atoms in total. The minimum atomic E-state index is -0.167. The van der Waals surface area contributed by atoms with Crippen molar-refractivity contribution < 1.29 is 13.9 Å². The van der Waals surface area contributed by atoms with Gasteiger partial charge in [-0.3, -0.25) is 4.79 Å². The molecule has 0 spiro atoms. The SMILES string of the molecule is N#Cc1ccc(CNc2ccc3c(c2)NC(=O)CO3)o1. The number of hydrogen-bond donors (Lipinski definition) is 2. The van der Waals surface area contributed by atoms with Crippen LogP contribution >= 0.6 is 0 Å². The maximum atomic E-state index is 11.3. The van der Waals surface area contributed by atoms with Crippen LogP contribution in [0.3, 0.4) is 0 Å². The average molecular weight is 269 g/mol. The van der Waals surface area contributed by atoms with E-state index in [9.17, 15) is 4.79 Å². The van der Waals surface area contributed by atoms with Crippen LogP contribution < -0.4 is 15.4 Å². The smallest absolute Gasteiger partial charge is 0.262 e. The van der Waals surface area contributed by atoms with E-state index in [0.29, 0.717) is 23.7 Å². The Hall–Kier alpha value is -2.94. The molecule has 1 amide bonds. The standard InChI is InChI=1S/C14H11N3O3/c15-6-10-2-3-11(20-10)7-16-9-1-4-13-12(5-9)17-14(18)8-19-13/h1-5,16H,7-8H2,(H,17,18). The molecule has 3 rings (SSSR count). The number of nitrogens with zero attached hydrogens (tertiary/aromatic N) is 1. The largest absolute Gasteiger partial charge is 0.482 e. The Morgan fingerprint density at radius 2 is 2.25 bits per heavy atom. The van der Waals surface area contributed by atoms with Gasteiger partial charge >= 0.3 is 0 Å². The molecule has 2 aromatic rings. The van der Waals surface area contributed by atoms with Crippen LogP contribution in [0.1, 0.15) is 11.5 Å². The van der Waals surface area contributed by atoms with Crippen LogP contribution in [0.5, 0.6) is 5.75 Å². The van der Waals surface area contributed by atoms with E-state index in [1.165, 1.54) is 0 Å². The summed E-state index contributed by atoms with van der Waals surface area (Å²) in [4.78, 5) is 11.3. The van der Waals surface area contributed by atoms with Crippen LogP contribution in [-0.4, -0.2) is 12.5 Å². The van der Waals surface area contributed by atoms with Gasteiger partial charge in [0.2, 0.25) is 5.76 Å². The zero-order valence-corrected chi connectivity index (χ0v) is 10.5. The van der Waals surface area contributed by atoms with E-state index in [1.807, 2.05) is 12.1 Å². The monoisotopic (exact) mass is 269 g/mol. The topological polar surface area (TPSA) is 87.3 Å². The van der Waals surface area contributed by atoms with Crippen molar-refractivity contribution in [2.24, 2.45) is 0 Å². The fraction of sp³-hybridized carbons (Fsp3) is 0.143. The van der Waals surface area contributed by atoms with Crippen molar-refractivity contribution >= 4 is 17.3 Å². The molecule has 0 unspecified atom stereocenters. The summed E-state index contributed by atoms with van der Waals surface area (Å²) in [6.07, 6.45) is 0. The molecule has 0 fully saturated rings. The fourth-order valence-corrected chi connectivity index (χ4v) is 1.92. The van der Waals surface area contributed by atoms with Crippen molar-refractivity contribution in [3.05, 3.63) is 41.9 Å². The molecule has 1 aromatic heterocycles. The summed E-state index contributed by atoms with van der Waals surface area (Å²) in [5.41, 5.74) is 1.47. The average Bonchev–Trinajstić information content (AvgIpc) is 2.92. The predicted octanol–water partition coefficient (Wildman–Crippen LogP) is 2.09. The van der Waals surface area contributed by atoms with Crippen molar-refractivity contribution in [1.82, 2.24) is 0 Å². The first kappa shape index (κ1) is 12.1. The number of hydrogen-bond acceptors (Lipinski definition) is 5. The van der Waals surface area contributed by atoms with Crippen LogP contribution in [-0.2, 0) is 11.3 Å². The molecule has 1 aliphatic heterocycles. The summed E-state index contributed by atoms with van der Waals surface area (Å²) in [6.45, 7) is 0.498. The highest BCUT2D eigenvalue weighted by Crippen LogP contribution is 2.30. The number of amides is 1. The lowest BCUT2D eigenvalue weighted by molar-refractivity contribution is -0.118. The fourth-order valence-electron chi connectivity index (χ4n) is 1.92. The Labute approximate surface area is 115 Å². The summed E-state index contributed by atoms with van der Waals surface area (Å²) in [6, 6.07) is 10.7. The van der Waals surface area contributed by atoms with Crippen molar-refractivity contribution in [3.63, 3.8) is 0 Å². The molecule has 2 heterocycles. The van der Waals surface area contributed by atoms with Gasteiger partial charge in [0.25, 0.3) is 5.91 Å². The third-order valence-electron chi connectivity index (χ3n) is 2.85. The van der Waals surface area contributed by atoms with Gasteiger partial charge in [-0.05, 0) is 30.3 Å². The number of nitriles is 1. The van der Waals surface area contributed by atoms with Gasteiger partial charge in [-0.2, -0.15) is 5.26 Å². The van der Waals surface area contributed by atoms with E-state index < -0.39 is 0 Å². The first-order valence-corrected chi connectivity index (χ1v) is 6.04. The number of rotatable bonds is 3. The Morgan fingerprint density at radius 1 is 1.35 bits per heavy atom. The molecule has 0 saturated heterocycles. The minimum absolute atomic E-state index is 0.0447. The summed E-state index contributed by atoms with van der Waals surface area (Å²) < 4.78 is 10.5. The lowest BCUT2D eigenvalue weighted by atomic mass is 10.2. The zero-order valence-electron chi connectivity index (χ0n) is 10.5. The van der Waals surface area contributed by atoms with Gasteiger partial charge < -0.3 is 19.8 Å². The molecule has 6 heteroatoms. The highest BCUT2D eigenvalue weighted by atomic mass is 16.5. The molecule has 0 atom stereocenters. The summed E-state index contributed by atoms with van der Waals surface area (Å²) in [5, 5.41) is 14.6. The van der Waals surface area contributed by atoms with E-state index in [4.69, 9.17) is 14.4 Å². The van der Waals surface area contributed by atoms with Crippen molar-refractivity contribution in [1.29, 1.82) is 5.26 Å². The lowest BCUT2D eigenvalue weighted by Crippen LogP contribution is -2.25. The molecule has 0 bridgehead atoms. The molecular formula is C14H11N3O3. The van der Waals surface area contributed by atoms with E-state index in [0.717, 1.165) is 5.69 Å². The second kappa shape index (κ2) is 4.97. The molecular weight excluding hydrogens is 258 g/mol. The number of carbonyl (C=O) groups is 1. The Bertz CT molecular complexity index is 700. The Morgan fingerprint density at radius 3 is 3.05 bits per heavy atom. The summed E-state index contributed by atoms with van der Waals surface area (Å²) >= 11 is 0. The number of nitrogens with one attached hydrogen (secondary N) is 2. The van der Waals surface area contributed by atoms with Crippen LogP contribution in [0.2, 0.25) is 0 Å². The van der Waals surface area contributed by atoms with E-state index in [-0.39, 0.29) is 18.3 Å². The first-order chi connectivity index (χ1) is 9.74. The Balaban J connectivity index is 1.70. The molecule has 0 radical (unpaired) electrons. The van der Waals surface area contributed by atoms with Crippen LogP contribution in [0.4, 0.5) is 11.4 Å². The maximum Gasteiger partial charge on any atom is 0.262 e. The summed E-state index contributed by atoms with van der Waals surface area (Å²) in [7, 11) is 0. The normalized spacial score (nSPS) is 12.8. The van der Waals surface area contributed by atoms with Gasteiger partial charge in [0.15, 0.2) is 6.61 Å². The molecule has 2 N–H and O–H groups in total.